The third kappa shape index (κ3) is 4.28. The first kappa shape index (κ1) is 17.1. The maximum atomic E-state index is 11.8. The molecule has 0 N–H and O–H groups in total. The van der Waals surface area contributed by atoms with E-state index in [1.54, 1.807) is 39.0 Å². The molecule has 0 fully saturated rings. The molecule has 0 heterocycles. The van der Waals surface area contributed by atoms with Crippen LogP contribution in [0.15, 0.2) is 18.2 Å². The van der Waals surface area contributed by atoms with Gasteiger partial charge in [0.15, 0.2) is 0 Å². The number of carbonyl (C=O) groups excluding carboxylic acids is 1. The first-order valence-corrected chi connectivity index (χ1v) is 6.88. The summed E-state index contributed by atoms with van der Waals surface area (Å²) in [7, 11) is 0. The van der Waals surface area contributed by atoms with Crippen LogP contribution in [0.4, 0.5) is 5.69 Å². The molecule has 0 aliphatic heterocycles. The van der Waals surface area contributed by atoms with Crippen LogP contribution in [0.1, 0.15) is 52.7 Å². The highest BCUT2D eigenvalue weighted by Gasteiger charge is 2.29. The van der Waals surface area contributed by atoms with Crippen LogP contribution in [-0.2, 0) is 21.6 Å². The van der Waals surface area contributed by atoms with Crippen LogP contribution in [0.3, 0.4) is 0 Å². The molecule has 0 spiro atoms. The van der Waals surface area contributed by atoms with Crippen molar-refractivity contribution in [1.82, 2.24) is 0 Å². The summed E-state index contributed by atoms with van der Waals surface area (Å²) in [5.74, 6) is -0.377. The molecule has 0 aliphatic carbocycles. The number of nitrogens with zero attached hydrogens (tertiary/aromatic N) is 1. The molecule has 0 saturated heterocycles. The zero-order valence-electron chi connectivity index (χ0n) is 13.5. The number of para-hydroxylation sites is 1. The Labute approximate surface area is 125 Å². The van der Waals surface area contributed by atoms with Gasteiger partial charge in [0.05, 0.1) is 15.9 Å². The van der Waals surface area contributed by atoms with Gasteiger partial charge in [-0.05, 0) is 32.3 Å². The fourth-order valence-corrected chi connectivity index (χ4v) is 1.89. The van der Waals surface area contributed by atoms with Crippen molar-refractivity contribution in [2.24, 2.45) is 5.41 Å². The van der Waals surface area contributed by atoms with Crippen LogP contribution in [0, 0.1) is 15.5 Å². The van der Waals surface area contributed by atoms with E-state index in [1.165, 1.54) is 0 Å². The highest BCUT2D eigenvalue weighted by molar-refractivity contribution is 5.75. The first-order valence-electron chi connectivity index (χ1n) is 6.88. The number of ether oxygens (including phenoxy) is 1. The molecule has 1 rings (SSSR count). The lowest BCUT2D eigenvalue weighted by Crippen LogP contribution is -2.23. The van der Waals surface area contributed by atoms with Crippen molar-refractivity contribution in [3.63, 3.8) is 0 Å². The number of nitro benzene ring substituents is 1. The monoisotopic (exact) mass is 293 g/mol. The number of carbonyl (C=O) groups is 1. The number of nitro groups is 1. The number of hydrogen-bond acceptors (Lipinski definition) is 4. The molecule has 116 valence electrons. The number of hydrogen-bond donors (Lipinski definition) is 0. The van der Waals surface area contributed by atoms with Gasteiger partial charge in [-0.25, -0.2) is 0 Å². The molecule has 21 heavy (non-hydrogen) atoms. The van der Waals surface area contributed by atoms with E-state index in [1.807, 2.05) is 20.8 Å². The van der Waals surface area contributed by atoms with Crippen molar-refractivity contribution >= 4 is 11.7 Å². The van der Waals surface area contributed by atoms with Gasteiger partial charge >= 0.3 is 5.97 Å². The standard InChI is InChI=1S/C16H23NO4/c1-15(2,3)12-9-7-8-11(13(12)17(19)20)10-21-14(18)16(4,5)6/h7-9H,10H2,1-6H3. The van der Waals surface area contributed by atoms with Gasteiger partial charge in [-0.2, -0.15) is 0 Å². The normalized spacial score (nSPS) is 12.1. The Morgan fingerprint density at radius 2 is 1.76 bits per heavy atom. The molecule has 0 aliphatic rings. The van der Waals surface area contributed by atoms with E-state index in [2.05, 4.69) is 0 Å². The van der Waals surface area contributed by atoms with Gasteiger partial charge < -0.3 is 4.74 Å². The van der Waals surface area contributed by atoms with Crippen LogP contribution in [0.5, 0.6) is 0 Å². The maximum Gasteiger partial charge on any atom is 0.311 e. The summed E-state index contributed by atoms with van der Waals surface area (Å²) in [5.41, 5.74) is 0.108. The summed E-state index contributed by atoms with van der Waals surface area (Å²) in [5, 5.41) is 11.4. The smallest absolute Gasteiger partial charge is 0.311 e. The minimum absolute atomic E-state index is 0.0340. The van der Waals surface area contributed by atoms with E-state index in [0.29, 0.717) is 11.1 Å². The second-order valence-electron chi connectivity index (χ2n) is 7.15. The maximum absolute atomic E-state index is 11.8. The number of esters is 1. The van der Waals surface area contributed by atoms with E-state index < -0.39 is 10.3 Å². The average Bonchev–Trinajstić information content (AvgIpc) is 2.32. The number of rotatable bonds is 3. The second kappa shape index (κ2) is 5.84. The SMILES string of the molecule is CC(C)(C)C(=O)OCc1cccc(C(C)(C)C)c1[N+](=O)[O-]. The predicted octanol–water partition coefficient (Wildman–Crippen LogP) is 3.98. The highest BCUT2D eigenvalue weighted by Crippen LogP contribution is 2.34. The van der Waals surface area contributed by atoms with Crippen molar-refractivity contribution < 1.29 is 14.5 Å². The Bertz CT molecular complexity index is 550. The Balaban J connectivity index is 3.14. The number of benzene rings is 1. The Kier molecular flexibility index (Phi) is 4.76. The molecule has 0 saturated carbocycles. The minimum atomic E-state index is -0.629. The summed E-state index contributed by atoms with van der Waals surface area (Å²) in [6, 6.07) is 5.13. The van der Waals surface area contributed by atoms with Crippen LogP contribution < -0.4 is 0 Å². The molecule has 0 aromatic heterocycles. The lowest BCUT2D eigenvalue weighted by molar-refractivity contribution is -0.387. The van der Waals surface area contributed by atoms with Gasteiger partial charge in [-0.15, -0.1) is 0 Å². The molecule has 1 aromatic rings. The molecule has 1 aromatic carbocycles. The van der Waals surface area contributed by atoms with Crippen molar-refractivity contribution in [2.45, 2.75) is 53.6 Å². The zero-order chi connectivity index (χ0) is 16.4. The molecule has 5 heteroatoms. The molecule has 0 unspecified atom stereocenters. The fraction of sp³-hybridized carbons (Fsp3) is 0.562. The van der Waals surface area contributed by atoms with Crippen LogP contribution >= 0.6 is 0 Å². The molecule has 0 atom stereocenters. The molecule has 0 bridgehead atoms. The summed E-state index contributed by atoms with van der Waals surface area (Å²) in [4.78, 5) is 22.8. The highest BCUT2D eigenvalue weighted by atomic mass is 16.6. The summed E-state index contributed by atoms with van der Waals surface area (Å²) < 4.78 is 5.21. The Hall–Kier alpha value is -1.91. The van der Waals surface area contributed by atoms with E-state index in [-0.39, 0.29) is 23.7 Å². The third-order valence-electron chi connectivity index (χ3n) is 3.08. The van der Waals surface area contributed by atoms with Crippen LogP contribution in [-0.4, -0.2) is 10.9 Å². The lowest BCUT2D eigenvalue weighted by Gasteiger charge is -2.21. The summed E-state index contributed by atoms with van der Waals surface area (Å²) in [6.45, 7) is 10.9. The van der Waals surface area contributed by atoms with E-state index in [9.17, 15) is 14.9 Å². The van der Waals surface area contributed by atoms with E-state index in [4.69, 9.17) is 4.74 Å². The van der Waals surface area contributed by atoms with Gasteiger partial charge in [-0.1, -0.05) is 32.9 Å². The van der Waals surface area contributed by atoms with Gasteiger partial charge in [-0.3, -0.25) is 14.9 Å². The van der Waals surface area contributed by atoms with E-state index >= 15 is 0 Å². The van der Waals surface area contributed by atoms with Crippen molar-refractivity contribution in [3.8, 4) is 0 Å². The topological polar surface area (TPSA) is 69.4 Å². The summed E-state index contributed by atoms with van der Waals surface area (Å²) >= 11 is 0. The average molecular weight is 293 g/mol. The van der Waals surface area contributed by atoms with Gasteiger partial charge in [0.1, 0.15) is 6.61 Å². The van der Waals surface area contributed by atoms with E-state index in [0.717, 1.165) is 0 Å². The second-order valence-corrected chi connectivity index (χ2v) is 7.15. The van der Waals surface area contributed by atoms with Gasteiger partial charge in [0.2, 0.25) is 0 Å². The fourth-order valence-electron chi connectivity index (χ4n) is 1.89. The largest absolute Gasteiger partial charge is 0.460 e. The third-order valence-corrected chi connectivity index (χ3v) is 3.08. The van der Waals surface area contributed by atoms with Gasteiger partial charge in [0, 0.05) is 5.56 Å². The van der Waals surface area contributed by atoms with Crippen LogP contribution in [0.2, 0.25) is 0 Å². The van der Waals surface area contributed by atoms with Crippen molar-refractivity contribution in [3.05, 3.63) is 39.4 Å². The lowest BCUT2D eigenvalue weighted by atomic mass is 9.84. The Morgan fingerprint density at radius 3 is 2.19 bits per heavy atom. The zero-order valence-corrected chi connectivity index (χ0v) is 13.5. The molecule has 0 radical (unpaired) electrons. The van der Waals surface area contributed by atoms with Crippen molar-refractivity contribution in [1.29, 1.82) is 0 Å². The minimum Gasteiger partial charge on any atom is -0.460 e. The summed E-state index contributed by atoms with van der Waals surface area (Å²) in [6.07, 6.45) is 0. The molecule has 5 nitrogen and oxygen atoms in total. The first-order chi connectivity index (χ1) is 9.44. The predicted molar refractivity (Wildman–Crippen MR) is 81.0 cm³/mol. The quantitative estimate of drug-likeness (QED) is 0.480. The van der Waals surface area contributed by atoms with Crippen LogP contribution in [0.25, 0.3) is 0 Å². The molecular weight excluding hydrogens is 270 g/mol. The molecule has 0 amide bonds. The van der Waals surface area contributed by atoms with Gasteiger partial charge in [0.25, 0.3) is 5.69 Å². The van der Waals surface area contributed by atoms with Crippen molar-refractivity contribution in [2.75, 3.05) is 0 Å². The molecular formula is C16H23NO4. The Morgan fingerprint density at radius 1 is 1.19 bits per heavy atom.